The molecule has 4 rings (SSSR count). The monoisotopic (exact) mass is 404 g/mol. The van der Waals surface area contributed by atoms with Gasteiger partial charge in [0.05, 0.1) is 19.3 Å². The maximum absolute atomic E-state index is 12.2. The third-order valence-electron chi connectivity index (χ3n) is 5.65. The first-order valence-electron chi connectivity index (χ1n) is 10.4. The summed E-state index contributed by atoms with van der Waals surface area (Å²) in [6.45, 7) is 0.498. The number of alkyl carbamates (subject to hydrolysis) is 1. The Hall–Kier alpha value is -2.32. The lowest BCUT2D eigenvalue weighted by atomic mass is 9.96. The average Bonchev–Trinajstić information content (AvgIpc) is 3.31. The predicted molar refractivity (Wildman–Crippen MR) is 104 cm³/mol. The molecule has 8 nitrogen and oxygen atoms in total. The molecule has 0 aromatic heterocycles. The number of carbonyl (C=O) groups excluding carboxylic acids is 2. The van der Waals surface area contributed by atoms with Gasteiger partial charge in [0.2, 0.25) is 0 Å². The molecule has 0 spiro atoms. The van der Waals surface area contributed by atoms with Crippen LogP contribution in [0.15, 0.2) is 30.3 Å². The van der Waals surface area contributed by atoms with Gasteiger partial charge in [-0.2, -0.15) is 0 Å². The second kappa shape index (κ2) is 9.45. The normalized spacial score (nSPS) is 29.1. The highest BCUT2D eigenvalue weighted by Gasteiger charge is 2.50. The summed E-state index contributed by atoms with van der Waals surface area (Å²) < 4.78 is 22.6. The zero-order chi connectivity index (χ0) is 20.1. The van der Waals surface area contributed by atoms with Gasteiger partial charge in [0.1, 0.15) is 18.0 Å². The van der Waals surface area contributed by atoms with E-state index in [4.69, 9.17) is 18.9 Å². The Morgan fingerprint density at radius 2 is 1.72 bits per heavy atom. The van der Waals surface area contributed by atoms with Gasteiger partial charge in [0.25, 0.3) is 5.91 Å². The highest BCUT2D eigenvalue weighted by Crippen LogP contribution is 2.29. The summed E-state index contributed by atoms with van der Waals surface area (Å²) in [5, 5.41) is 5.83. The molecule has 2 heterocycles. The molecule has 3 fully saturated rings. The van der Waals surface area contributed by atoms with Crippen LogP contribution in [-0.4, -0.2) is 62.2 Å². The predicted octanol–water partition coefficient (Wildman–Crippen LogP) is 1.78. The van der Waals surface area contributed by atoms with E-state index in [1.807, 2.05) is 18.2 Å². The molecule has 3 aliphatic rings. The van der Waals surface area contributed by atoms with E-state index < -0.39 is 12.2 Å². The van der Waals surface area contributed by atoms with Crippen molar-refractivity contribution in [2.24, 2.45) is 0 Å². The molecular weight excluding hydrogens is 376 g/mol. The van der Waals surface area contributed by atoms with E-state index in [1.54, 1.807) is 12.1 Å². The van der Waals surface area contributed by atoms with E-state index in [0.717, 1.165) is 25.7 Å². The Kier molecular flexibility index (Phi) is 6.51. The number of hydrogen-bond donors (Lipinski definition) is 2. The van der Waals surface area contributed by atoms with Gasteiger partial charge in [0, 0.05) is 6.04 Å². The Bertz CT molecular complexity index is 694. The third kappa shape index (κ3) is 5.19. The summed E-state index contributed by atoms with van der Waals surface area (Å²) in [6.07, 6.45) is 3.92. The Labute approximate surface area is 170 Å². The van der Waals surface area contributed by atoms with Crippen LogP contribution in [0.25, 0.3) is 0 Å². The molecule has 1 aromatic carbocycles. The first-order chi connectivity index (χ1) is 14.2. The number of nitrogens with one attached hydrogen (secondary N) is 2. The fraction of sp³-hybridized carbons (Fsp3) is 0.619. The quantitative estimate of drug-likeness (QED) is 0.751. The number of carbonyl (C=O) groups is 2. The highest BCUT2D eigenvalue weighted by molar-refractivity contribution is 5.78. The van der Waals surface area contributed by atoms with Crippen LogP contribution in [0.4, 0.5) is 4.79 Å². The fourth-order valence-corrected chi connectivity index (χ4v) is 4.19. The second-order valence-electron chi connectivity index (χ2n) is 7.79. The molecule has 29 heavy (non-hydrogen) atoms. The molecule has 2 amide bonds. The largest absolute Gasteiger partial charge is 0.484 e. The van der Waals surface area contributed by atoms with Crippen molar-refractivity contribution < 1.29 is 28.5 Å². The van der Waals surface area contributed by atoms with Crippen molar-refractivity contribution in [2.45, 2.75) is 62.5 Å². The molecule has 1 aromatic rings. The molecule has 4 atom stereocenters. The molecule has 4 unspecified atom stereocenters. The van der Waals surface area contributed by atoms with Gasteiger partial charge in [0.15, 0.2) is 12.7 Å². The minimum Gasteiger partial charge on any atom is -0.484 e. The van der Waals surface area contributed by atoms with E-state index in [0.29, 0.717) is 12.4 Å². The SMILES string of the molecule is O=C(COc1ccccc1)NC1COC2C(OC(=O)NC3CCCCC3)COC12. The van der Waals surface area contributed by atoms with Crippen LogP contribution in [0.2, 0.25) is 0 Å². The molecular formula is C21H28N2O6. The van der Waals surface area contributed by atoms with Crippen LogP contribution in [0.3, 0.4) is 0 Å². The van der Waals surface area contributed by atoms with Crippen LogP contribution in [0, 0.1) is 0 Å². The summed E-state index contributed by atoms with van der Waals surface area (Å²) in [6, 6.07) is 9.07. The maximum Gasteiger partial charge on any atom is 0.407 e. The number of rotatable bonds is 6. The van der Waals surface area contributed by atoms with Crippen LogP contribution < -0.4 is 15.4 Å². The van der Waals surface area contributed by atoms with Gasteiger partial charge >= 0.3 is 6.09 Å². The van der Waals surface area contributed by atoms with Crippen molar-refractivity contribution in [2.75, 3.05) is 19.8 Å². The van der Waals surface area contributed by atoms with Crippen LogP contribution in [0.1, 0.15) is 32.1 Å². The molecule has 0 bridgehead atoms. The minimum atomic E-state index is -0.467. The summed E-state index contributed by atoms with van der Waals surface area (Å²) >= 11 is 0. The van der Waals surface area contributed by atoms with E-state index in [-0.39, 0.29) is 43.4 Å². The Balaban J connectivity index is 1.21. The minimum absolute atomic E-state index is 0.0817. The Morgan fingerprint density at radius 1 is 0.966 bits per heavy atom. The molecule has 1 aliphatic carbocycles. The van der Waals surface area contributed by atoms with Crippen molar-refractivity contribution in [3.63, 3.8) is 0 Å². The van der Waals surface area contributed by atoms with Crippen LogP contribution in [0.5, 0.6) is 5.75 Å². The Morgan fingerprint density at radius 3 is 2.52 bits per heavy atom. The number of ether oxygens (including phenoxy) is 4. The van der Waals surface area contributed by atoms with Crippen molar-refractivity contribution in [1.82, 2.24) is 10.6 Å². The molecule has 2 N–H and O–H groups in total. The molecule has 0 radical (unpaired) electrons. The van der Waals surface area contributed by atoms with Gasteiger partial charge in [-0.3, -0.25) is 4.79 Å². The highest BCUT2D eigenvalue weighted by atomic mass is 16.6. The fourth-order valence-electron chi connectivity index (χ4n) is 4.19. The number of fused-ring (bicyclic) bond motifs is 1. The van der Waals surface area contributed by atoms with Crippen LogP contribution >= 0.6 is 0 Å². The van der Waals surface area contributed by atoms with Gasteiger partial charge in [-0.05, 0) is 25.0 Å². The average molecular weight is 404 g/mol. The molecule has 2 aliphatic heterocycles. The molecule has 2 saturated heterocycles. The first kappa shape index (κ1) is 20.0. The number of amides is 2. The van der Waals surface area contributed by atoms with E-state index >= 15 is 0 Å². The van der Waals surface area contributed by atoms with Gasteiger partial charge < -0.3 is 29.6 Å². The first-order valence-corrected chi connectivity index (χ1v) is 10.4. The van der Waals surface area contributed by atoms with Gasteiger partial charge in [-0.25, -0.2) is 4.79 Å². The zero-order valence-corrected chi connectivity index (χ0v) is 16.4. The lowest BCUT2D eigenvalue weighted by Gasteiger charge is -2.24. The molecule has 1 saturated carbocycles. The van der Waals surface area contributed by atoms with Crippen molar-refractivity contribution in [3.8, 4) is 5.75 Å². The van der Waals surface area contributed by atoms with Crippen LogP contribution in [-0.2, 0) is 19.0 Å². The summed E-state index contributed by atoms with van der Waals surface area (Å²) in [5.41, 5.74) is 0. The summed E-state index contributed by atoms with van der Waals surface area (Å²) in [5.74, 6) is 0.392. The number of benzene rings is 1. The van der Waals surface area contributed by atoms with E-state index in [1.165, 1.54) is 6.42 Å². The molecule has 8 heteroatoms. The van der Waals surface area contributed by atoms with Gasteiger partial charge in [-0.1, -0.05) is 37.5 Å². The second-order valence-corrected chi connectivity index (χ2v) is 7.79. The van der Waals surface area contributed by atoms with E-state index in [2.05, 4.69) is 10.6 Å². The standard InChI is InChI=1S/C21H28N2O6/c24-18(13-26-15-9-5-2-6-10-15)23-16-11-27-20-17(12-28-19(16)20)29-21(25)22-14-7-3-1-4-8-14/h2,5-6,9-10,14,16-17,19-20H,1,3-4,7-8,11-13H2,(H,22,25)(H,23,24). The van der Waals surface area contributed by atoms with Crippen molar-refractivity contribution in [3.05, 3.63) is 30.3 Å². The topological polar surface area (TPSA) is 95.1 Å². The maximum atomic E-state index is 12.2. The number of para-hydroxylation sites is 1. The van der Waals surface area contributed by atoms with Crippen molar-refractivity contribution in [1.29, 1.82) is 0 Å². The summed E-state index contributed by atoms with van der Waals surface area (Å²) in [7, 11) is 0. The lowest BCUT2D eigenvalue weighted by Crippen LogP contribution is -2.46. The summed E-state index contributed by atoms with van der Waals surface area (Å²) in [4.78, 5) is 24.4. The lowest BCUT2D eigenvalue weighted by molar-refractivity contribution is -0.124. The van der Waals surface area contributed by atoms with Gasteiger partial charge in [-0.15, -0.1) is 0 Å². The molecule has 158 valence electrons. The van der Waals surface area contributed by atoms with Crippen molar-refractivity contribution >= 4 is 12.0 Å². The number of hydrogen-bond acceptors (Lipinski definition) is 6. The third-order valence-corrected chi connectivity index (χ3v) is 5.65. The zero-order valence-electron chi connectivity index (χ0n) is 16.4. The van der Waals surface area contributed by atoms with E-state index in [9.17, 15) is 9.59 Å². The smallest absolute Gasteiger partial charge is 0.407 e.